The molecular weight excluding hydrogens is 316 g/mol. The van der Waals surface area contributed by atoms with Crippen molar-refractivity contribution in [3.05, 3.63) is 45.0 Å². The van der Waals surface area contributed by atoms with E-state index in [1.165, 1.54) is 42.9 Å². The van der Waals surface area contributed by atoms with Gasteiger partial charge in [0.15, 0.2) is 11.3 Å². The van der Waals surface area contributed by atoms with Gasteiger partial charge in [0.25, 0.3) is 0 Å². The lowest BCUT2D eigenvalue weighted by atomic mass is 10.5. The van der Waals surface area contributed by atoms with Gasteiger partial charge in [0.1, 0.15) is 0 Å². The predicted molar refractivity (Wildman–Crippen MR) is 85.3 cm³/mol. The highest BCUT2D eigenvalue weighted by molar-refractivity contribution is 5.42. The Labute approximate surface area is 133 Å². The molecule has 0 amide bonds. The van der Waals surface area contributed by atoms with Crippen LogP contribution in [0.25, 0.3) is 11.3 Å². The molecule has 4 aromatic rings. The zero-order chi connectivity index (χ0) is 17.4. The first kappa shape index (κ1) is 15.2. The van der Waals surface area contributed by atoms with Gasteiger partial charge in [-0.15, -0.1) is 10.2 Å². The summed E-state index contributed by atoms with van der Waals surface area (Å²) in [5, 5.41) is 15.4. The SMILES string of the molecule is Cn1nc(N)n2ncc(=O)cc12.Cn1nc(N)n2ncc(=O)cc12. The van der Waals surface area contributed by atoms with Gasteiger partial charge in [-0.1, -0.05) is 0 Å². The van der Waals surface area contributed by atoms with E-state index in [9.17, 15) is 9.59 Å². The van der Waals surface area contributed by atoms with Crippen molar-refractivity contribution < 1.29 is 0 Å². The molecule has 0 aliphatic carbocycles. The zero-order valence-corrected chi connectivity index (χ0v) is 12.9. The van der Waals surface area contributed by atoms with Gasteiger partial charge in [0, 0.05) is 26.2 Å². The standard InChI is InChI=1S/2C6H7N5O/c2*1-10-5-2-4(12)3-8-11(5)6(7)9-10/h2*2-3H,1H3,(H2,7,9). The Morgan fingerprint density at radius 3 is 1.54 bits per heavy atom. The molecule has 0 spiro atoms. The average Bonchev–Trinajstić information content (AvgIpc) is 2.96. The van der Waals surface area contributed by atoms with Crippen LogP contribution in [0.15, 0.2) is 34.1 Å². The quantitative estimate of drug-likeness (QED) is 0.375. The number of hydrogen-bond acceptors (Lipinski definition) is 8. The van der Waals surface area contributed by atoms with Crippen LogP contribution in [0.4, 0.5) is 11.9 Å². The lowest BCUT2D eigenvalue weighted by Gasteiger charge is -1.90. The maximum Gasteiger partial charge on any atom is 0.241 e. The number of anilines is 2. The van der Waals surface area contributed by atoms with Crippen molar-refractivity contribution >= 4 is 23.2 Å². The van der Waals surface area contributed by atoms with E-state index in [4.69, 9.17) is 11.5 Å². The third-order valence-electron chi connectivity index (χ3n) is 3.18. The molecule has 12 nitrogen and oxygen atoms in total. The summed E-state index contributed by atoms with van der Waals surface area (Å²) in [6, 6.07) is 2.85. The normalized spacial score (nSPS) is 10.8. The van der Waals surface area contributed by atoms with Crippen molar-refractivity contribution in [1.29, 1.82) is 0 Å². The molecular formula is C12H14N10O2. The number of hydrogen-bond donors (Lipinski definition) is 2. The first-order valence-electron chi connectivity index (χ1n) is 6.72. The Bertz CT molecular complexity index is 1060. The van der Waals surface area contributed by atoms with E-state index < -0.39 is 0 Å². The van der Waals surface area contributed by atoms with Gasteiger partial charge in [0.2, 0.25) is 22.8 Å². The highest BCUT2D eigenvalue weighted by Gasteiger charge is 2.04. The number of nitrogen functional groups attached to an aromatic ring is 2. The Morgan fingerprint density at radius 1 is 0.792 bits per heavy atom. The molecule has 0 aromatic carbocycles. The minimum atomic E-state index is -0.155. The zero-order valence-electron chi connectivity index (χ0n) is 12.9. The predicted octanol–water partition coefficient (Wildman–Crippen LogP) is -1.98. The van der Waals surface area contributed by atoms with Crippen molar-refractivity contribution in [3.8, 4) is 0 Å². The Kier molecular flexibility index (Phi) is 3.48. The number of rotatable bonds is 0. The summed E-state index contributed by atoms with van der Waals surface area (Å²) in [4.78, 5) is 21.8. The van der Waals surface area contributed by atoms with Crippen molar-refractivity contribution in [2.24, 2.45) is 14.1 Å². The molecule has 0 radical (unpaired) electrons. The smallest absolute Gasteiger partial charge is 0.241 e. The minimum absolute atomic E-state index is 0.155. The van der Waals surface area contributed by atoms with Crippen molar-refractivity contribution in [1.82, 2.24) is 38.8 Å². The van der Waals surface area contributed by atoms with Gasteiger partial charge < -0.3 is 11.5 Å². The Balaban J connectivity index is 0.000000141. The van der Waals surface area contributed by atoms with E-state index in [1.54, 1.807) is 14.1 Å². The molecule has 4 N–H and O–H groups in total. The third-order valence-corrected chi connectivity index (χ3v) is 3.18. The van der Waals surface area contributed by atoms with Crippen molar-refractivity contribution in [2.45, 2.75) is 0 Å². The fourth-order valence-electron chi connectivity index (χ4n) is 2.11. The van der Waals surface area contributed by atoms with Crippen LogP contribution >= 0.6 is 0 Å². The first-order chi connectivity index (χ1) is 11.4. The van der Waals surface area contributed by atoms with Crippen LogP contribution in [0, 0.1) is 0 Å². The fraction of sp³-hybridized carbons (Fsp3) is 0.167. The van der Waals surface area contributed by atoms with Crippen molar-refractivity contribution in [2.75, 3.05) is 11.5 Å². The molecule has 0 fully saturated rings. The lowest BCUT2D eigenvalue weighted by Crippen LogP contribution is -2.06. The first-order valence-corrected chi connectivity index (χ1v) is 6.72. The second kappa shape index (κ2) is 5.49. The van der Waals surface area contributed by atoms with Gasteiger partial charge >= 0.3 is 0 Å². The van der Waals surface area contributed by atoms with E-state index in [-0.39, 0.29) is 22.8 Å². The van der Waals surface area contributed by atoms with E-state index in [1.807, 2.05) is 0 Å². The minimum Gasteiger partial charge on any atom is -0.366 e. The molecule has 0 aliphatic heterocycles. The highest BCUT2D eigenvalue weighted by Crippen LogP contribution is 2.01. The molecule has 24 heavy (non-hydrogen) atoms. The van der Waals surface area contributed by atoms with Crippen LogP contribution in [0.5, 0.6) is 0 Å². The molecule has 12 heteroatoms. The molecule has 124 valence electrons. The molecule has 0 atom stereocenters. The van der Waals surface area contributed by atoms with Crippen LogP contribution in [0.2, 0.25) is 0 Å². The summed E-state index contributed by atoms with van der Waals surface area (Å²) < 4.78 is 5.82. The summed E-state index contributed by atoms with van der Waals surface area (Å²) in [7, 11) is 3.40. The second-order valence-electron chi connectivity index (χ2n) is 4.89. The van der Waals surface area contributed by atoms with Gasteiger partial charge in [-0.2, -0.15) is 19.2 Å². The topological polar surface area (TPSA) is 156 Å². The summed E-state index contributed by atoms with van der Waals surface area (Å²) in [6.45, 7) is 0. The highest BCUT2D eigenvalue weighted by atomic mass is 16.1. The van der Waals surface area contributed by atoms with E-state index in [0.717, 1.165) is 0 Å². The molecule has 0 saturated carbocycles. The summed E-state index contributed by atoms with van der Waals surface area (Å²) >= 11 is 0. The number of aryl methyl sites for hydroxylation is 2. The molecule has 0 saturated heterocycles. The van der Waals surface area contributed by atoms with Gasteiger partial charge in [-0.3, -0.25) is 9.59 Å². The lowest BCUT2D eigenvalue weighted by molar-refractivity contribution is 0.798. The molecule has 0 unspecified atom stereocenters. The molecule has 0 aliphatic rings. The maximum atomic E-state index is 10.9. The van der Waals surface area contributed by atoms with E-state index >= 15 is 0 Å². The van der Waals surface area contributed by atoms with Crippen LogP contribution in [-0.2, 0) is 14.1 Å². The van der Waals surface area contributed by atoms with Gasteiger partial charge in [-0.05, 0) is 0 Å². The third kappa shape index (κ3) is 2.55. The van der Waals surface area contributed by atoms with Crippen LogP contribution in [0.3, 0.4) is 0 Å². The van der Waals surface area contributed by atoms with Crippen LogP contribution in [0.1, 0.15) is 0 Å². The molecule has 4 heterocycles. The second-order valence-corrected chi connectivity index (χ2v) is 4.89. The largest absolute Gasteiger partial charge is 0.366 e. The number of nitrogens with two attached hydrogens (primary N) is 2. The number of aromatic nitrogens is 8. The average molecular weight is 330 g/mol. The van der Waals surface area contributed by atoms with Crippen molar-refractivity contribution in [3.63, 3.8) is 0 Å². The van der Waals surface area contributed by atoms with E-state index in [0.29, 0.717) is 11.3 Å². The van der Waals surface area contributed by atoms with Crippen LogP contribution < -0.4 is 22.3 Å². The fourth-order valence-corrected chi connectivity index (χ4v) is 2.11. The maximum absolute atomic E-state index is 10.9. The summed E-state index contributed by atoms with van der Waals surface area (Å²) in [6.07, 6.45) is 2.40. The Hall–Kier alpha value is -3.70. The van der Waals surface area contributed by atoms with E-state index in [2.05, 4.69) is 20.4 Å². The monoisotopic (exact) mass is 330 g/mol. The summed E-state index contributed by atoms with van der Waals surface area (Å²) in [5.41, 5.74) is 11.8. The van der Waals surface area contributed by atoms with Gasteiger partial charge in [-0.25, -0.2) is 9.36 Å². The van der Waals surface area contributed by atoms with Crippen LogP contribution in [-0.4, -0.2) is 38.8 Å². The molecule has 4 rings (SSSR count). The molecule has 0 bridgehead atoms. The molecule has 4 aromatic heterocycles. The number of fused-ring (bicyclic) bond motifs is 2. The Morgan fingerprint density at radius 2 is 1.17 bits per heavy atom. The number of nitrogens with zero attached hydrogens (tertiary/aromatic N) is 8. The summed E-state index contributed by atoms with van der Waals surface area (Å²) in [5.74, 6) is 0.542. The van der Waals surface area contributed by atoms with Gasteiger partial charge in [0.05, 0.1) is 12.4 Å².